The highest BCUT2D eigenvalue weighted by atomic mass is 35.5. The lowest BCUT2D eigenvalue weighted by Gasteiger charge is -2.41. The van der Waals surface area contributed by atoms with Crippen molar-refractivity contribution in [2.24, 2.45) is 10.5 Å². The third-order valence-corrected chi connectivity index (χ3v) is 3.66. The minimum atomic E-state index is -1.30. The molecule has 0 aromatic heterocycles. The normalized spacial score (nSPS) is 22.9. The fourth-order valence-electron chi connectivity index (χ4n) is 1.99. The van der Waals surface area contributed by atoms with Gasteiger partial charge in [0.15, 0.2) is 5.72 Å². The highest BCUT2D eigenvalue weighted by Gasteiger charge is 2.50. The molecule has 1 N–H and O–H groups in total. The summed E-state index contributed by atoms with van der Waals surface area (Å²) in [7, 11) is 0. The Balaban J connectivity index is 2.33. The van der Waals surface area contributed by atoms with Crippen molar-refractivity contribution in [2.45, 2.75) is 32.9 Å². The quantitative estimate of drug-likeness (QED) is 0.860. The maximum atomic E-state index is 12.4. The molecule has 0 bridgehead atoms. The van der Waals surface area contributed by atoms with Crippen LogP contribution < -0.4 is 0 Å². The van der Waals surface area contributed by atoms with Crippen LogP contribution in [0.1, 0.15) is 37.6 Å². The van der Waals surface area contributed by atoms with Gasteiger partial charge in [-0.3, -0.25) is 4.79 Å². The fraction of sp³-hybridized carbons (Fsp3) is 0.429. The molecule has 0 aliphatic carbocycles. The van der Waals surface area contributed by atoms with Crippen molar-refractivity contribution in [3.63, 3.8) is 0 Å². The second kappa shape index (κ2) is 4.62. The average molecular weight is 281 g/mol. The molecule has 1 aliphatic rings. The Morgan fingerprint density at radius 1 is 1.37 bits per heavy atom. The number of carbonyl (C=O) groups excluding carboxylic acids is 1. The van der Waals surface area contributed by atoms with Crippen molar-refractivity contribution in [3.8, 4) is 0 Å². The van der Waals surface area contributed by atoms with Crippen molar-refractivity contribution >= 4 is 23.7 Å². The standard InChI is InChI=1S/C14H17ClN2O2/c1-13(2,3)14(19)8-9-16-17(14)12(18)10-4-6-11(15)7-5-10/h4-7,9,19H,8H2,1-3H3/t14-/m1/s1. The Bertz CT molecular complexity index is 519. The molecule has 1 aliphatic heterocycles. The fourth-order valence-corrected chi connectivity index (χ4v) is 2.12. The zero-order valence-electron chi connectivity index (χ0n) is 11.2. The van der Waals surface area contributed by atoms with E-state index in [0.29, 0.717) is 17.0 Å². The van der Waals surface area contributed by atoms with Gasteiger partial charge in [-0.25, -0.2) is 0 Å². The molecular weight excluding hydrogens is 264 g/mol. The lowest BCUT2D eigenvalue weighted by Crippen LogP contribution is -2.54. The summed E-state index contributed by atoms with van der Waals surface area (Å²) in [6, 6.07) is 6.54. The summed E-state index contributed by atoms with van der Waals surface area (Å²) in [6.45, 7) is 5.64. The Labute approximate surface area is 117 Å². The molecule has 0 unspecified atom stereocenters. The predicted molar refractivity (Wildman–Crippen MR) is 75.1 cm³/mol. The number of halogens is 1. The van der Waals surface area contributed by atoms with Crippen LogP contribution in [0.25, 0.3) is 0 Å². The maximum absolute atomic E-state index is 12.4. The van der Waals surface area contributed by atoms with E-state index < -0.39 is 11.1 Å². The van der Waals surface area contributed by atoms with Crippen molar-refractivity contribution in [2.75, 3.05) is 0 Å². The molecule has 0 fully saturated rings. The third kappa shape index (κ3) is 2.38. The third-order valence-electron chi connectivity index (χ3n) is 3.41. The van der Waals surface area contributed by atoms with E-state index in [1.54, 1.807) is 30.5 Å². The van der Waals surface area contributed by atoms with Gasteiger partial charge < -0.3 is 5.11 Å². The van der Waals surface area contributed by atoms with E-state index in [0.717, 1.165) is 5.01 Å². The van der Waals surface area contributed by atoms with Crippen molar-refractivity contribution in [1.82, 2.24) is 5.01 Å². The van der Waals surface area contributed by atoms with Gasteiger partial charge in [-0.05, 0) is 24.3 Å². The number of nitrogens with zero attached hydrogens (tertiary/aromatic N) is 2. The first-order chi connectivity index (χ1) is 8.75. The number of hydrazone groups is 1. The molecule has 1 atom stereocenters. The first-order valence-corrected chi connectivity index (χ1v) is 6.48. The van der Waals surface area contributed by atoms with Gasteiger partial charge >= 0.3 is 0 Å². The molecule has 0 radical (unpaired) electrons. The van der Waals surface area contributed by atoms with Gasteiger partial charge in [0, 0.05) is 28.6 Å². The molecule has 1 aromatic rings. The lowest BCUT2D eigenvalue weighted by atomic mass is 9.81. The summed E-state index contributed by atoms with van der Waals surface area (Å²) in [5.74, 6) is -0.331. The van der Waals surface area contributed by atoms with Gasteiger partial charge in [-0.2, -0.15) is 10.1 Å². The molecule has 1 heterocycles. The highest BCUT2D eigenvalue weighted by Crippen LogP contribution is 2.39. The summed E-state index contributed by atoms with van der Waals surface area (Å²) >= 11 is 5.80. The molecule has 0 saturated carbocycles. The van der Waals surface area contributed by atoms with Crippen molar-refractivity contribution < 1.29 is 9.90 Å². The molecule has 1 amide bonds. The van der Waals surface area contributed by atoms with Crippen LogP contribution >= 0.6 is 11.6 Å². The zero-order chi connectivity index (χ0) is 14.3. The first-order valence-electron chi connectivity index (χ1n) is 6.11. The number of rotatable bonds is 1. The maximum Gasteiger partial charge on any atom is 0.276 e. The molecular formula is C14H17ClN2O2. The number of hydrogen-bond acceptors (Lipinski definition) is 3. The van der Waals surface area contributed by atoms with Gasteiger partial charge in [-0.1, -0.05) is 32.4 Å². The van der Waals surface area contributed by atoms with Crippen LogP contribution in [-0.2, 0) is 0 Å². The number of benzene rings is 1. The summed E-state index contributed by atoms with van der Waals surface area (Å²) in [6.07, 6.45) is 1.90. The molecule has 102 valence electrons. The predicted octanol–water partition coefficient (Wildman–Crippen LogP) is 2.91. The minimum Gasteiger partial charge on any atom is -0.368 e. The smallest absolute Gasteiger partial charge is 0.276 e. The molecule has 2 rings (SSSR count). The molecule has 5 heteroatoms. The Kier molecular flexibility index (Phi) is 3.41. The van der Waals surface area contributed by atoms with Crippen LogP contribution in [0.4, 0.5) is 0 Å². The van der Waals surface area contributed by atoms with Gasteiger partial charge in [0.2, 0.25) is 0 Å². The van der Waals surface area contributed by atoms with E-state index in [2.05, 4.69) is 5.10 Å². The summed E-state index contributed by atoms with van der Waals surface area (Å²) in [5.41, 5.74) is -1.35. The Morgan fingerprint density at radius 2 is 1.95 bits per heavy atom. The summed E-state index contributed by atoms with van der Waals surface area (Å²) in [5, 5.41) is 16.5. The van der Waals surface area contributed by atoms with Gasteiger partial charge in [-0.15, -0.1) is 0 Å². The van der Waals surface area contributed by atoms with Crippen LogP contribution in [0.5, 0.6) is 0 Å². The largest absolute Gasteiger partial charge is 0.368 e. The summed E-state index contributed by atoms with van der Waals surface area (Å²) < 4.78 is 0. The van der Waals surface area contributed by atoms with Crippen LogP contribution in [0, 0.1) is 5.41 Å². The lowest BCUT2D eigenvalue weighted by molar-refractivity contribution is -0.143. The highest BCUT2D eigenvalue weighted by molar-refractivity contribution is 6.30. The second-order valence-corrected chi connectivity index (χ2v) is 6.13. The molecule has 19 heavy (non-hydrogen) atoms. The average Bonchev–Trinajstić information content (AvgIpc) is 2.72. The van der Waals surface area contributed by atoms with Gasteiger partial charge in [0.05, 0.1) is 0 Å². The van der Waals surface area contributed by atoms with Crippen LogP contribution in [0.3, 0.4) is 0 Å². The zero-order valence-corrected chi connectivity index (χ0v) is 12.0. The summed E-state index contributed by atoms with van der Waals surface area (Å²) in [4.78, 5) is 12.4. The molecule has 0 spiro atoms. The van der Waals surface area contributed by atoms with E-state index >= 15 is 0 Å². The van der Waals surface area contributed by atoms with Crippen LogP contribution in [0.15, 0.2) is 29.4 Å². The van der Waals surface area contributed by atoms with Crippen molar-refractivity contribution in [3.05, 3.63) is 34.9 Å². The molecule has 4 nitrogen and oxygen atoms in total. The monoisotopic (exact) mass is 280 g/mol. The van der Waals surface area contributed by atoms with E-state index in [4.69, 9.17) is 11.6 Å². The number of amides is 1. The van der Waals surface area contributed by atoms with Crippen LogP contribution in [0.2, 0.25) is 5.02 Å². The SMILES string of the molecule is CC(C)(C)[C@]1(O)CC=NN1C(=O)c1ccc(Cl)cc1. The van der Waals surface area contributed by atoms with E-state index in [1.165, 1.54) is 0 Å². The van der Waals surface area contributed by atoms with E-state index in [1.807, 2.05) is 20.8 Å². The molecule has 1 aromatic carbocycles. The van der Waals surface area contributed by atoms with Gasteiger partial charge in [0.25, 0.3) is 5.91 Å². The second-order valence-electron chi connectivity index (χ2n) is 5.69. The number of aliphatic hydroxyl groups is 1. The van der Waals surface area contributed by atoms with Crippen LogP contribution in [-0.4, -0.2) is 28.0 Å². The number of hydrogen-bond donors (Lipinski definition) is 1. The minimum absolute atomic E-state index is 0.329. The van der Waals surface area contributed by atoms with Gasteiger partial charge in [0.1, 0.15) is 0 Å². The number of carbonyl (C=O) groups is 1. The first kappa shape index (κ1) is 14.0. The van der Waals surface area contributed by atoms with E-state index in [-0.39, 0.29) is 5.91 Å². The van der Waals surface area contributed by atoms with E-state index in [9.17, 15) is 9.90 Å². The van der Waals surface area contributed by atoms with Crippen molar-refractivity contribution in [1.29, 1.82) is 0 Å². The molecule has 0 saturated heterocycles. The topological polar surface area (TPSA) is 52.9 Å². The Hall–Kier alpha value is -1.39. The Morgan fingerprint density at radius 3 is 2.47 bits per heavy atom.